The number of rotatable bonds is 4. The summed E-state index contributed by atoms with van der Waals surface area (Å²) in [6.45, 7) is 0. The lowest BCUT2D eigenvalue weighted by atomic mass is 10.1. The Kier molecular flexibility index (Phi) is 5.38. The van der Waals surface area contributed by atoms with Crippen molar-refractivity contribution in [2.45, 2.75) is 0 Å². The second-order valence-electron chi connectivity index (χ2n) is 6.82. The quantitative estimate of drug-likeness (QED) is 0.245. The SMILES string of the molecule is Ic1ccc(-c2nc(-c3ccccc3)nc(-c3ccc(C4=C=C=CC=C4)nc3)n2)cc1. The molecule has 0 aliphatic heterocycles. The van der Waals surface area contributed by atoms with E-state index in [0.29, 0.717) is 17.5 Å². The number of hydrogen-bond donors (Lipinski definition) is 0. The standard InChI is InChI=1S/C26H15IN4/c27-22-14-11-20(12-15-22)25-29-24(19-9-5-2-6-10-19)30-26(31-25)21-13-16-23(28-17-21)18-7-3-1-4-8-18/h1-3,5-7,9-17H. The van der Waals surface area contributed by atoms with Crippen LogP contribution < -0.4 is 0 Å². The lowest BCUT2D eigenvalue weighted by molar-refractivity contribution is 1.07. The topological polar surface area (TPSA) is 51.6 Å². The van der Waals surface area contributed by atoms with Gasteiger partial charge in [0.05, 0.1) is 11.3 Å². The van der Waals surface area contributed by atoms with E-state index in [2.05, 4.69) is 39.0 Å². The molecule has 0 amide bonds. The van der Waals surface area contributed by atoms with Gasteiger partial charge in [0.25, 0.3) is 0 Å². The zero-order valence-corrected chi connectivity index (χ0v) is 18.5. The van der Waals surface area contributed by atoms with Crippen LogP contribution in [-0.2, 0) is 0 Å². The molecule has 4 nitrogen and oxygen atoms in total. The second kappa shape index (κ2) is 8.62. The molecule has 5 rings (SSSR count). The molecule has 0 saturated carbocycles. The summed E-state index contributed by atoms with van der Waals surface area (Å²) in [7, 11) is 0. The predicted molar refractivity (Wildman–Crippen MR) is 131 cm³/mol. The predicted octanol–water partition coefficient (Wildman–Crippen LogP) is 6.14. The Balaban J connectivity index is 1.61. The highest BCUT2D eigenvalue weighted by Gasteiger charge is 2.13. The van der Waals surface area contributed by atoms with Gasteiger partial charge in [-0.15, -0.1) is 0 Å². The van der Waals surface area contributed by atoms with Crippen LogP contribution in [0.4, 0.5) is 0 Å². The minimum atomic E-state index is 0.588. The van der Waals surface area contributed by atoms with Crippen LogP contribution in [-0.4, -0.2) is 19.9 Å². The van der Waals surface area contributed by atoms with E-state index in [1.165, 1.54) is 0 Å². The lowest BCUT2D eigenvalue weighted by Crippen LogP contribution is -2.00. The van der Waals surface area contributed by atoms with Crippen molar-refractivity contribution in [3.63, 3.8) is 0 Å². The monoisotopic (exact) mass is 510 g/mol. The van der Waals surface area contributed by atoms with E-state index in [-0.39, 0.29) is 0 Å². The summed E-state index contributed by atoms with van der Waals surface area (Å²) in [4.78, 5) is 18.8. The van der Waals surface area contributed by atoms with Crippen molar-refractivity contribution in [2.24, 2.45) is 0 Å². The summed E-state index contributed by atoms with van der Waals surface area (Å²) in [5.74, 6) is 1.86. The third-order valence-electron chi connectivity index (χ3n) is 4.72. The molecule has 2 aromatic heterocycles. The van der Waals surface area contributed by atoms with Gasteiger partial charge >= 0.3 is 0 Å². The maximum atomic E-state index is 4.75. The summed E-state index contributed by atoms with van der Waals surface area (Å²) < 4.78 is 1.16. The third kappa shape index (κ3) is 4.30. The van der Waals surface area contributed by atoms with Crippen LogP contribution in [0.5, 0.6) is 0 Å². The summed E-state index contributed by atoms with van der Waals surface area (Å²) >= 11 is 2.29. The lowest BCUT2D eigenvalue weighted by Gasteiger charge is -2.09. The second-order valence-corrected chi connectivity index (χ2v) is 8.07. The molecule has 31 heavy (non-hydrogen) atoms. The molecule has 2 heterocycles. The molecule has 0 radical (unpaired) electrons. The fourth-order valence-corrected chi connectivity index (χ4v) is 3.50. The van der Waals surface area contributed by atoms with Crippen molar-refractivity contribution in [1.29, 1.82) is 0 Å². The van der Waals surface area contributed by atoms with Crippen LogP contribution in [0.1, 0.15) is 5.69 Å². The Morgan fingerprint density at radius 2 is 1.32 bits per heavy atom. The average molecular weight is 510 g/mol. The van der Waals surface area contributed by atoms with Crippen molar-refractivity contribution in [3.05, 3.63) is 112 Å². The Morgan fingerprint density at radius 3 is 1.94 bits per heavy atom. The molecule has 0 atom stereocenters. The highest BCUT2D eigenvalue weighted by atomic mass is 127. The molecule has 146 valence electrons. The molecule has 1 aliphatic rings. The number of halogens is 1. The van der Waals surface area contributed by atoms with Crippen LogP contribution in [0.3, 0.4) is 0 Å². The van der Waals surface area contributed by atoms with Gasteiger partial charge in [0.15, 0.2) is 17.5 Å². The fourth-order valence-electron chi connectivity index (χ4n) is 3.14. The van der Waals surface area contributed by atoms with E-state index in [4.69, 9.17) is 15.0 Å². The zero-order chi connectivity index (χ0) is 21.0. The number of hydrogen-bond acceptors (Lipinski definition) is 4. The molecule has 0 fully saturated rings. The molecule has 1 aliphatic carbocycles. The molecule has 0 unspecified atom stereocenters. The van der Waals surface area contributed by atoms with Gasteiger partial charge in [0.1, 0.15) is 0 Å². The van der Waals surface area contributed by atoms with Crippen LogP contribution >= 0.6 is 22.6 Å². The highest BCUT2D eigenvalue weighted by molar-refractivity contribution is 14.1. The summed E-state index contributed by atoms with van der Waals surface area (Å²) in [6, 6.07) is 22.0. The molecule has 0 saturated heterocycles. The van der Waals surface area contributed by atoms with Crippen molar-refractivity contribution in [1.82, 2.24) is 19.9 Å². The average Bonchev–Trinajstić information content (AvgIpc) is 2.85. The summed E-state index contributed by atoms with van der Waals surface area (Å²) in [5, 5.41) is 0. The molecule has 2 aromatic carbocycles. The molecular formula is C26H15IN4. The number of allylic oxidation sites excluding steroid dienone is 4. The maximum absolute atomic E-state index is 4.75. The minimum Gasteiger partial charge on any atom is -0.255 e. The normalized spacial score (nSPS) is 12.1. The Labute approximate surface area is 193 Å². The van der Waals surface area contributed by atoms with E-state index in [0.717, 1.165) is 31.5 Å². The molecule has 0 spiro atoms. The first-order chi connectivity index (χ1) is 15.3. The first-order valence-electron chi connectivity index (χ1n) is 9.69. The summed E-state index contributed by atoms with van der Waals surface area (Å²) in [5.41, 5.74) is 10.5. The van der Waals surface area contributed by atoms with E-state index in [1.54, 1.807) is 6.20 Å². The van der Waals surface area contributed by atoms with E-state index < -0.39 is 0 Å². The number of pyridine rings is 1. The molecule has 5 heteroatoms. The van der Waals surface area contributed by atoms with Crippen molar-refractivity contribution in [3.8, 4) is 34.2 Å². The van der Waals surface area contributed by atoms with E-state index >= 15 is 0 Å². The molecule has 0 bridgehead atoms. The van der Waals surface area contributed by atoms with E-state index in [1.807, 2.05) is 85.0 Å². The number of aromatic nitrogens is 4. The smallest absolute Gasteiger partial charge is 0.165 e. The molecule has 4 aromatic rings. The van der Waals surface area contributed by atoms with Crippen LogP contribution in [0.25, 0.3) is 39.7 Å². The Morgan fingerprint density at radius 1 is 0.677 bits per heavy atom. The highest BCUT2D eigenvalue weighted by Crippen LogP contribution is 2.25. The van der Waals surface area contributed by atoms with Gasteiger partial charge in [-0.05, 0) is 59.0 Å². The van der Waals surface area contributed by atoms with Crippen molar-refractivity contribution >= 4 is 28.2 Å². The summed E-state index contributed by atoms with van der Waals surface area (Å²) in [6.07, 6.45) is 7.49. The van der Waals surface area contributed by atoms with Crippen LogP contribution in [0.15, 0.2) is 103 Å². The van der Waals surface area contributed by atoms with Gasteiger partial charge in [-0.3, -0.25) is 4.98 Å². The number of nitrogens with zero attached hydrogens (tertiary/aromatic N) is 4. The molecule has 0 N–H and O–H groups in total. The maximum Gasteiger partial charge on any atom is 0.165 e. The van der Waals surface area contributed by atoms with Crippen molar-refractivity contribution < 1.29 is 0 Å². The van der Waals surface area contributed by atoms with Gasteiger partial charge < -0.3 is 0 Å². The third-order valence-corrected chi connectivity index (χ3v) is 5.44. The number of benzene rings is 2. The largest absolute Gasteiger partial charge is 0.255 e. The van der Waals surface area contributed by atoms with Gasteiger partial charge in [-0.2, -0.15) is 0 Å². The van der Waals surface area contributed by atoms with Gasteiger partial charge in [0, 0.05) is 26.5 Å². The van der Waals surface area contributed by atoms with Gasteiger partial charge in [-0.1, -0.05) is 60.0 Å². The molecular weight excluding hydrogens is 495 g/mol. The first-order valence-corrected chi connectivity index (χ1v) is 10.8. The van der Waals surface area contributed by atoms with Crippen LogP contribution in [0.2, 0.25) is 0 Å². The Bertz CT molecular complexity index is 1380. The first kappa shape index (κ1) is 19.3. The fraction of sp³-hybridized carbons (Fsp3) is 0. The zero-order valence-electron chi connectivity index (χ0n) is 16.3. The van der Waals surface area contributed by atoms with Gasteiger partial charge in [-0.25, -0.2) is 15.0 Å². The Hall–Kier alpha value is -3.63. The van der Waals surface area contributed by atoms with E-state index in [9.17, 15) is 0 Å². The van der Waals surface area contributed by atoms with Crippen molar-refractivity contribution in [2.75, 3.05) is 0 Å². The minimum absolute atomic E-state index is 0.588. The van der Waals surface area contributed by atoms with Crippen LogP contribution in [0, 0.1) is 3.57 Å². The van der Waals surface area contributed by atoms with Gasteiger partial charge in [0.2, 0.25) is 0 Å².